The molecule has 20 heavy (non-hydrogen) atoms. The van der Waals surface area contributed by atoms with E-state index in [-0.39, 0.29) is 0 Å². The second-order valence-electron chi connectivity index (χ2n) is 5.22. The summed E-state index contributed by atoms with van der Waals surface area (Å²) in [5.74, 6) is 0. The van der Waals surface area contributed by atoms with Gasteiger partial charge in [0.25, 0.3) is 0 Å². The molecule has 0 saturated carbocycles. The fourth-order valence-corrected chi connectivity index (χ4v) is 4.16. The SMILES string of the molecule is CNCc1cc(Cl)ccc1N1CCc2sccc2C1C. The first-order valence-corrected chi connectivity index (χ1v) is 8.22. The van der Waals surface area contributed by atoms with E-state index in [0.717, 1.165) is 24.5 Å². The van der Waals surface area contributed by atoms with Gasteiger partial charge in [-0.25, -0.2) is 0 Å². The van der Waals surface area contributed by atoms with Crippen LogP contribution in [0.15, 0.2) is 29.6 Å². The third-order valence-electron chi connectivity index (χ3n) is 4.00. The van der Waals surface area contributed by atoms with Crippen molar-refractivity contribution in [3.8, 4) is 0 Å². The average Bonchev–Trinajstić information content (AvgIpc) is 2.90. The van der Waals surface area contributed by atoms with E-state index in [1.165, 1.54) is 21.7 Å². The normalized spacial score (nSPS) is 18.1. The fourth-order valence-electron chi connectivity index (χ4n) is 3.00. The van der Waals surface area contributed by atoms with Gasteiger partial charge in [-0.2, -0.15) is 0 Å². The van der Waals surface area contributed by atoms with Gasteiger partial charge in [-0.3, -0.25) is 0 Å². The summed E-state index contributed by atoms with van der Waals surface area (Å²) >= 11 is 8.03. The lowest BCUT2D eigenvalue weighted by Gasteiger charge is -2.37. The molecule has 1 N–H and O–H groups in total. The van der Waals surface area contributed by atoms with Gasteiger partial charge in [-0.15, -0.1) is 11.3 Å². The summed E-state index contributed by atoms with van der Waals surface area (Å²) in [6.45, 7) is 4.21. The molecule has 1 aromatic carbocycles. The largest absolute Gasteiger partial charge is 0.364 e. The molecule has 0 radical (unpaired) electrons. The van der Waals surface area contributed by atoms with Crippen molar-refractivity contribution < 1.29 is 0 Å². The minimum atomic E-state index is 0.432. The maximum absolute atomic E-state index is 6.15. The Hall–Kier alpha value is -1.03. The van der Waals surface area contributed by atoms with Crippen LogP contribution in [0.25, 0.3) is 0 Å². The van der Waals surface area contributed by atoms with Crippen molar-refractivity contribution in [1.29, 1.82) is 0 Å². The Kier molecular flexibility index (Phi) is 4.01. The van der Waals surface area contributed by atoms with Crippen LogP contribution in [0.2, 0.25) is 5.02 Å². The highest BCUT2D eigenvalue weighted by molar-refractivity contribution is 7.10. The van der Waals surface area contributed by atoms with E-state index in [2.05, 4.69) is 40.7 Å². The molecule has 2 aromatic rings. The molecule has 1 aromatic heterocycles. The third kappa shape index (κ3) is 2.46. The predicted octanol–water partition coefficient (Wildman–Crippen LogP) is 4.24. The quantitative estimate of drug-likeness (QED) is 0.912. The zero-order valence-electron chi connectivity index (χ0n) is 11.8. The lowest BCUT2D eigenvalue weighted by molar-refractivity contribution is 0.628. The van der Waals surface area contributed by atoms with Crippen LogP contribution in [0, 0.1) is 0 Å². The first-order chi connectivity index (χ1) is 9.70. The molecule has 106 valence electrons. The molecule has 1 atom stereocenters. The number of anilines is 1. The van der Waals surface area contributed by atoms with Crippen LogP contribution < -0.4 is 10.2 Å². The van der Waals surface area contributed by atoms with Crippen molar-refractivity contribution in [3.63, 3.8) is 0 Å². The van der Waals surface area contributed by atoms with Gasteiger partial charge < -0.3 is 10.2 Å². The molecule has 4 heteroatoms. The standard InChI is InChI=1S/C16H19ClN2S/c1-11-14-6-8-20-16(14)5-7-19(11)15-4-3-13(17)9-12(15)10-18-2/h3-4,6,8-9,11,18H,5,7,10H2,1-2H3. The molecule has 0 fully saturated rings. The van der Waals surface area contributed by atoms with E-state index in [1.54, 1.807) is 0 Å². The lowest BCUT2D eigenvalue weighted by Crippen LogP contribution is -2.34. The molecular weight excluding hydrogens is 288 g/mol. The van der Waals surface area contributed by atoms with Crippen LogP contribution in [0.5, 0.6) is 0 Å². The van der Waals surface area contributed by atoms with Gasteiger partial charge in [0.15, 0.2) is 0 Å². The summed E-state index contributed by atoms with van der Waals surface area (Å²) in [7, 11) is 1.97. The van der Waals surface area contributed by atoms with Crippen LogP contribution in [0.4, 0.5) is 5.69 Å². The van der Waals surface area contributed by atoms with E-state index < -0.39 is 0 Å². The number of fused-ring (bicyclic) bond motifs is 1. The Bertz CT molecular complexity index is 608. The number of hydrogen-bond acceptors (Lipinski definition) is 3. The highest BCUT2D eigenvalue weighted by Gasteiger charge is 2.26. The van der Waals surface area contributed by atoms with Crippen molar-refractivity contribution in [2.75, 3.05) is 18.5 Å². The van der Waals surface area contributed by atoms with Crippen LogP contribution >= 0.6 is 22.9 Å². The van der Waals surface area contributed by atoms with Crippen molar-refractivity contribution in [1.82, 2.24) is 5.32 Å². The summed E-state index contributed by atoms with van der Waals surface area (Å²) < 4.78 is 0. The molecule has 0 bridgehead atoms. The van der Waals surface area contributed by atoms with Gasteiger partial charge in [-0.1, -0.05) is 11.6 Å². The number of nitrogens with zero attached hydrogens (tertiary/aromatic N) is 1. The van der Waals surface area contributed by atoms with Gasteiger partial charge in [-0.05, 0) is 61.2 Å². The summed E-state index contributed by atoms with van der Waals surface area (Å²) in [4.78, 5) is 4.04. The first kappa shape index (κ1) is 13.9. The van der Waals surface area contributed by atoms with E-state index in [1.807, 2.05) is 24.5 Å². The zero-order chi connectivity index (χ0) is 14.1. The van der Waals surface area contributed by atoms with Crippen LogP contribution in [0.1, 0.15) is 29.0 Å². The van der Waals surface area contributed by atoms with E-state index in [4.69, 9.17) is 11.6 Å². The molecule has 3 rings (SSSR count). The topological polar surface area (TPSA) is 15.3 Å². The minimum Gasteiger partial charge on any atom is -0.364 e. The maximum Gasteiger partial charge on any atom is 0.0525 e. The van der Waals surface area contributed by atoms with Crippen molar-refractivity contribution in [2.45, 2.75) is 25.9 Å². The van der Waals surface area contributed by atoms with Crippen LogP contribution in [-0.2, 0) is 13.0 Å². The Morgan fingerprint density at radius 3 is 3.05 bits per heavy atom. The third-order valence-corrected chi connectivity index (χ3v) is 5.23. The molecule has 0 saturated heterocycles. The second kappa shape index (κ2) is 5.76. The van der Waals surface area contributed by atoms with Gasteiger partial charge in [0.2, 0.25) is 0 Å². The van der Waals surface area contributed by atoms with Gasteiger partial charge in [0.05, 0.1) is 6.04 Å². The monoisotopic (exact) mass is 306 g/mol. The summed E-state index contributed by atoms with van der Waals surface area (Å²) in [6.07, 6.45) is 1.14. The lowest BCUT2D eigenvalue weighted by atomic mass is 9.99. The van der Waals surface area contributed by atoms with Crippen molar-refractivity contribution in [2.24, 2.45) is 0 Å². The Labute approximate surface area is 129 Å². The number of halogens is 1. The molecule has 0 spiro atoms. The fraction of sp³-hybridized carbons (Fsp3) is 0.375. The van der Waals surface area contributed by atoms with E-state index >= 15 is 0 Å². The Morgan fingerprint density at radius 2 is 2.25 bits per heavy atom. The van der Waals surface area contributed by atoms with Crippen molar-refractivity contribution in [3.05, 3.63) is 50.7 Å². The highest BCUT2D eigenvalue weighted by atomic mass is 35.5. The zero-order valence-corrected chi connectivity index (χ0v) is 13.4. The van der Waals surface area contributed by atoms with Crippen LogP contribution in [-0.4, -0.2) is 13.6 Å². The van der Waals surface area contributed by atoms with Gasteiger partial charge in [0.1, 0.15) is 0 Å². The number of hydrogen-bond donors (Lipinski definition) is 1. The molecule has 1 aliphatic rings. The highest BCUT2D eigenvalue weighted by Crippen LogP contribution is 2.37. The Balaban J connectivity index is 1.98. The smallest absolute Gasteiger partial charge is 0.0525 e. The van der Waals surface area contributed by atoms with Crippen LogP contribution in [0.3, 0.4) is 0 Å². The molecule has 2 nitrogen and oxygen atoms in total. The second-order valence-corrected chi connectivity index (χ2v) is 6.66. The predicted molar refractivity (Wildman–Crippen MR) is 88.0 cm³/mol. The Morgan fingerprint density at radius 1 is 1.40 bits per heavy atom. The first-order valence-electron chi connectivity index (χ1n) is 6.96. The molecule has 1 unspecified atom stereocenters. The maximum atomic E-state index is 6.15. The summed E-state index contributed by atoms with van der Waals surface area (Å²) in [6, 6.07) is 8.92. The summed E-state index contributed by atoms with van der Waals surface area (Å²) in [5.41, 5.74) is 4.05. The molecule has 0 amide bonds. The van der Waals surface area contributed by atoms with E-state index in [0.29, 0.717) is 6.04 Å². The number of nitrogens with one attached hydrogen (secondary N) is 1. The molecule has 2 heterocycles. The number of benzene rings is 1. The average molecular weight is 307 g/mol. The van der Waals surface area contributed by atoms with Gasteiger partial charge >= 0.3 is 0 Å². The molecule has 1 aliphatic heterocycles. The number of rotatable bonds is 3. The van der Waals surface area contributed by atoms with Gasteiger partial charge in [0, 0.05) is 28.7 Å². The van der Waals surface area contributed by atoms with Crippen molar-refractivity contribution >= 4 is 28.6 Å². The number of thiophene rings is 1. The summed E-state index contributed by atoms with van der Waals surface area (Å²) in [5, 5.41) is 6.25. The van der Waals surface area contributed by atoms with E-state index in [9.17, 15) is 0 Å². The minimum absolute atomic E-state index is 0.432. The molecule has 0 aliphatic carbocycles. The molecular formula is C16H19ClN2S.